The molecule has 15 heavy (non-hydrogen) atoms. The van der Waals surface area contributed by atoms with Gasteiger partial charge in [-0.2, -0.15) is 0 Å². The van der Waals surface area contributed by atoms with Crippen molar-refractivity contribution in [1.29, 1.82) is 0 Å². The maximum absolute atomic E-state index is 10.4. The Morgan fingerprint density at radius 1 is 0.933 bits per heavy atom. The minimum atomic E-state index is -1.82. The lowest BCUT2D eigenvalue weighted by molar-refractivity contribution is -0.159. The predicted molar refractivity (Wildman–Crippen MR) is 50.2 cm³/mol. The highest BCUT2D eigenvalue weighted by atomic mass is 16.4. The SMILES string of the molecule is NC(=O)c1ccccc1.O=C(O)C(=O)O. The zero-order chi connectivity index (χ0) is 11.8. The third-order valence-corrected chi connectivity index (χ3v) is 1.24. The van der Waals surface area contributed by atoms with Crippen LogP contribution in [0.4, 0.5) is 0 Å². The number of aliphatic carboxylic acids is 2. The summed E-state index contributed by atoms with van der Waals surface area (Å²) in [5.41, 5.74) is 5.53. The van der Waals surface area contributed by atoms with Gasteiger partial charge in [0.25, 0.3) is 0 Å². The van der Waals surface area contributed by atoms with Crippen LogP contribution >= 0.6 is 0 Å². The van der Waals surface area contributed by atoms with Gasteiger partial charge in [-0.25, -0.2) is 9.59 Å². The molecule has 80 valence electrons. The molecule has 0 aromatic heterocycles. The van der Waals surface area contributed by atoms with Gasteiger partial charge in [-0.1, -0.05) is 18.2 Å². The summed E-state index contributed by atoms with van der Waals surface area (Å²) in [4.78, 5) is 28.6. The second-order valence-electron chi connectivity index (χ2n) is 2.34. The Labute approximate surface area is 84.9 Å². The van der Waals surface area contributed by atoms with Crippen molar-refractivity contribution in [3.05, 3.63) is 35.9 Å². The van der Waals surface area contributed by atoms with E-state index >= 15 is 0 Å². The number of carboxylic acid groups (broad SMARTS) is 2. The van der Waals surface area contributed by atoms with Crippen molar-refractivity contribution in [2.75, 3.05) is 0 Å². The van der Waals surface area contributed by atoms with E-state index in [4.69, 9.17) is 25.5 Å². The number of hydrogen-bond acceptors (Lipinski definition) is 3. The zero-order valence-electron chi connectivity index (χ0n) is 7.58. The van der Waals surface area contributed by atoms with Gasteiger partial charge >= 0.3 is 11.9 Å². The first-order valence-electron chi connectivity index (χ1n) is 3.76. The molecule has 0 aliphatic carbocycles. The van der Waals surface area contributed by atoms with Crippen LogP contribution in [-0.2, 0) is 9.59 Å². The van der Waals surface area contributed by atoms with Crippen LogP contribution < -0.4 is 5.73 Å². The van der Waals surface area contributed by atoms with Crippen LogP contribution in [0.1, 0.15) is 10.4 Å². The van der Waals surface area contributed by atoms with Gasteiger partial charge in [-0.15, -0.1) is 0 Å². The van der Waals surface area contributed by atoms with Crippen molar-refractivity contribution in [1.82, 2.24) is 0 Å². The Balaban J connectivity index is 0.000000288. The topological polar surface area (TPSA) is 118 Å². The molecule has 0 aliphatic heterocycles. The molecule has 4 N–H and O–H groups in total. The van der Waals surface area contributed by atoms with Crippen LogP contribution in [0.15, 0.2) is 30.3 Å². The largest absolute Gasteiger partial charge is 0.473 e. The minimum Gasteiger partial charge on any atom is -0.473 e. The van der Waals surface area contributed by atoms with Gasteiger partial charge in [0.15, 0.2) is 0 Å². The Hall–Kier alpha value is -2.37. The van der Waals surface area contributed by atoms with Gasteiger partial charge in [0.2, 0.25) is 5.91 Å². The average Bonchev–Trinajstić information content (AvgIpc) is 2.20. The number of carbonyl (C=O) groups is 3. The van der Waals surface area contributed by atoms with E-state index < -0.39 is 11.9 Å². The summed E-state index contributed by atoms with van der Waals surface area (Å²) < 4.78 is 0. The molecule has 0 saturated carbocycles. The second-order valence-corrected chi connectivity index (χ2v) is 2.34. The fourth-order valence-corrected chi connectivity index (χ4v) is 0.602. The quantitative estimate of drug-likeness (QED) is 0.562. The first-order chi connectivity index (χ1) is 6.95. The number of rotatable bonds is 1. The number of nitrogens with two attached hydrogens (primary N) is 1. The third-order valence-electron chi connectivity index (χ3n) is 1.24. The van der Waals surface area contributed by atoms with Crippen molar-refractivity contribution < 1.29 is 24.6 Å². The normalized spacial score (nSPS) is 8.27. The molecule has 1 amide bonds. The van der Waals surface area contributed by atoms with Crippen molar-refractivity contribution in [3.8, 4) is 0 Å². The molecule has 0 heterocycles. The first-order valence-corrected chi connectivity index (χ1v) is 3.76. The van der Waals surface area contributed by atoms with Gasteiger partial charge in [0.05, 0.1) is 0 Å². The smallest absolute Gasteiger partial charge is 0.414 e. The van der Waals surface area contributed by atoms with E-state index in [-0.39, 0.29) is 5.91 Å². The van der Waals surface area contributed by atoms with Crippen LogP contribution in [0.2, 0.25) is 0 Å². The lowest BCUT2D eigenvalue weighted by Gasteiger charge is -1.89. The molecular formula is C9H9NO5. The van der Waals surface area contributed by atoms with E-state index in [1.165, 1.54) is 0 Å². The van der Waals surface area contributed by atoms with E-state index in [0.29, 0.717) is 5.56 Å². The Kier molecular flexibility index (Phi) is 5.17. The summed E-state index contributed by atoms with van der Waals surface area (Å²) in [5.74, 6) is -4.03. The Morgan fingerprint density at radius 2 is 1.33 bits per heavy atom. The van der Waals surface area contributed by atoms with Gasteiger partial charge in [-0.3, -0.25) is 4.79 Å². The second kappa shape index (κ2) is 6.14. The van der Waals surface area contributed by atoms with Crippen molar-refractivity contribution in [3.63, 3.8) is 0 Å². The van der Waals surface area contributed by atoms with Crippen LogP contribution in [0, 0.1) is 0 Å². The van der Waals surface area contributed by atoms with Crippen molar-refractivity contribution in [2.45, 2.75) is 0 Å². The number of benzene rings is 1. The number of carbonyl (C=O) groups excluding carboxylic acids is 1. The molecule has 0 aliphatic rings. The molecule has 0 unspecified atom stereocenters. The average molecular weight is 211 g/mol. The van der Waals surface area contributed by atoms with Crippen LogP contribution in [0.3, 0.4) is 0 Å². The molecule has 0 atom stereocenters. The first kappa shape index (κ1) is 12.6. The summed E-state index contributed by atoms with van der Waals surface area (Å²) in [6.45, 7) is 0. The maximum atomic E-state index is 10.4. The van der Waals surface area contributed by atoms with Crippen LogP contribution in [0.5, 0.6) is 0 Å². The number of carboxylic acids is 2. The molecule has 0 bridgehead atoms. The van der Waals surface area contributed by atoms with E-state index in [0.717, 1.165) is 0 Å². The van der Waals surface area contributed by atoms with Gasteiger partial charge in [0, 0.05) is 5.56 Å². The molecule has 6 heteroatoms. The molecule has 0 saturated heterocycles. The van der Waals surface area contributed by atoms with E-state index in [2.05, 4.69) is 0 Å². The molecule has 0 radical (unpaired) electrons. The minimum absolute atomic E-state index is 0.379. The molecule has 1 rings (SSSR count). The molecule has 0 spiro atoms. The highest BCUT2D eigenvalue weighted by Gasteiger charge is 2.04. The van der Waals surface area contributed by atoms with Gasteiger partial charge < -0.3 is 15.9 Å². The number of amides is 1. The molecule has 0 fully saturated rings. The summed E-state index contributed by atoms with van der Waals surface area (Å²) in [6, 6.07) is 8.76. The summed E-state index contributed by atoms with van der Waals surface area (Å²) in [7, 11) is 0. The summed E-state index contributed by atoms with van der Waals surface area (Å²) in [5, 5.41) is 14.8. The Morgan fingerprint density at radius 3 is 1.53 bits per heavy atom. The monoisotopic (exact) mass is 211 g/mol. The molecule has 6 nitrogen and oxygen atoms in total. The van der Waals surface area contributed by atoms with Gasteiger partial charge in [0.1, 0.15) is 0 Å². The fourth-order valence-electron chi connectivity index (χ4n) is 0.602. The molecule has 1 aromatic carbocycles. The lowest BCUT2D eigenvalue weighted by Crippen LogP contribution is -2.09. The summed E-state index contributed by atoms with van der Waals surface area (Å²) in [6.07, 6.45) is 0. The highest BCUT2D eigenvalue weighted by Crippen LogP contribution is 1.94. The van der Waals surface area contributed by atoms with E-state index in [1.54, 1.807) is 24.3 Å². The fraction of sp³-hybridized carbons (Fsp3) is 0. The third kappa shape index (κ3) is 5.81. The van der Waals surface area contributed by atoms with Crippen LogP contribution in [-0.4, -0.2) is 28.1 Å². The molecule has 1 aromatic rings. The predicted octanol–water partition coefficient (Wildman–Crippen LogP) is -0.0589. The number of hydrogen-bond donors (Lipinski definition) is 3. The maximum Gasteiger partial charge on any atom is 0.414 e. The summed E-state index contributed by atoms with van der Waals surface area (Å²) >= 11 is 0. The number of primary amides is 1. The van der Waals surface area contributed by atoms with Crippen LogP contribution in [0.25, 0.3) is 0 Å². The standard InChI is InChI=1S/C7H7NO.C2H2O4/c8-7(9)6-4-2-1-3-5-6;3-1(4)2(5)6/h1-5H,(H2,8,9);(H,3,4)(H,5,6). The van der Waals surface area contributed by atoms with Gasteiger partial charge in [-0.05, 0) is 12.1 Å². The highest BCUT2D eigenvalue weighted by molar-refractivity contribution is 6.27. The Bertz CT molecular complexity index is 348. The van der Waals surface area contributed by atoms with Crippen molar-refractivity contribution in [2.24, 2.45) is 5.73 Å². The van der Waals surface area contributed by atoms with E-state index in [9.17, 15) is 4.79 Å². The van der Waals surface area contributed by atoms with E-state index in [1.807, 2.05) is 6.07 Å². The van der Waals surface area contributed by atoms with Crippen molar-refractivity contribution >= 4 is 17.8 Å². The molecular weight excluding hydrogens is 202 g/mol. The zero-order valence-corrected chi connectivity index (χ0v) is 7.58. The lowest BCUT2D eigenvalue weighted by atomic mass is 10.2.